The van der Waals surface area contributed by atoms with E-state index in [0.29, 0.717) is 12.4 Å². The molecule has 1 heterocycles. The number of nitrogens with zero attached hydrogens (tertiary/aromatic N) is 1. The normalized spacial score (nSPS) is 10.1. The molecule has 0 saturated carbocycles. The van der Waals surface area contributed by atoms with Crippen LogP contribution in [0, 0.1) is 0 Å². The third-order valence-electron chi connectivity index (χ3n) is 2.74. The second-order valence-electron chi connectivity index (χ2n) is 4.50. The Labute approximate surface area is 138 Å². The van der Waals surface area contributed by atoms with Gasteiger partial charge in [0.05, 0.1) is 13.2 Å². The third kappa shape index (κ3) is 5.01. The fraction of sp³-hybridized carbons (Fsp3) is 0.312. The topological polar surface area (TPSA) is 99.9 Å². The Hall–Kier alpha value is -3.03. The summed E-state index contributed by atoms with van der Waals surface area (Å²) in [6, 6.07) is 6.79. The van der Waals surface area contributed by atoms with Crippen LogP contribution >= 0.6 is 0 Å². The Kier molecular flexibility index (Phi) is 6.18. The van der Waals surface area contributed by atoms with Crippen LogP contribution in [0.4, 0.5) is 6.01 Å². The Bertz CT molecular complexity index is 680. The summed E-state index contributed by atoms with van der Waals surface area (Å²) in [5.74, 6) is 0.155. The summed E-state index contributed by atoms with van der Waals surface area (Å²) < 4.78 is 20.4. The van der Waals surface area contributed by atoms with Crippen molar-refractivity contribution in [1.29, 1.82) is 0 Å². The molecule has 2 rings (SSSR count). The number of hydrogen-bond donors (Lipinski definition) is 1. The molecule has 0 atom stereocenters. The molecule has 0 unspecified atom stereocenters. The van der Waals surface area contributed by atoms with Crippen molar-refractivity contribution in [1.82, 2.24) is 4.98 Å². The van der Waals surface area contributed by atoms with Crippen molar-refractivity contribution in [3.63, 3.8) is 0 Å². The van der Waals surface area contributed by atoms with E-state index in [-0.39, 0.29) is 24.9 Å². The number of carbonyl (C=O) groups excluding carboxylic acids is 2. The molecule has 0 aliphatic heterocycles. The van der Waals surface area contributed by atoms with Gasteiger partial charge in [-0.3, -0.25) is 10.1 Å². The average molecular weight is 334 g/mol. The SMILES string of the molecule is CCOC(=O)c1coc(NC(=O)COc2ccc(OCC)cc2)n1. The highest BCUT2D eigenvalue weighted by atomic mass is 16.5. The van der Waals surface area contributed by atoms with Crippen LogP contribution < -0.4 is 14.8 Å². The Morgan fingerprint density at radius 3 is 2.38 bits per heavy atom. The fourth-order valence-electron chi connectivity index (χ4n) is 1.73. The Balaban J connectivity index is 1.81. The van der Waals surface area contributed by atoms with E-state index in [9.17, 15) is 9.59 Å². The van der Waals surface area contributed by atoms with E-state index in [1.807, 2.05) is 6.92 Å². The van der Waals surface area contributed by atoms with Gasteiger partial charge in [0.2, 0.25) is 0 Å². The summed E-state index contributed by atoms with van der Waals surface area (Å²) in [5, 5.41) is 2.39. The molecule has 0 aliphatic rings. The van der Waals surface area contributed by atoms with Gasteiger partial charge in [-0.2, -0.15) is 4.98 Å². The number of benzene rings is 1. The minimum Gasteiger partial charge on any atom is -0.494 e. The molecule has 1 amide bonds. The van der Waals surface area contributed by atoms with Crippen LogP contribution in [0.15, 0.2) is 34.9 Å². The lowest BCUT2D eigenvalue weighted by molar-refractivity contribution is -0.118. The molecule has 128 valence electrons. The van der Waals surface area contributed by atoms with E-state index in [4.69, 9.17) is 18.6 Å². The number of ether oxygens (including phenoxy) is 3. The smallest absolute Gasteiger partial charge is 0.360 e. The van der Waals surface area contributed by atoms with Gasteiger partial charge in [0.15, 0.2) is 12.3 Å². The van der Waals surface area contributed by atoms with Gasteiger partial charge in [-0.15, -0.1) is 0 Å². The largest absolute Gasteiger partial charge is 0.494 e. The fourth-order valence-corrected chi connectivity index (χ4v) is 1.73. The van der Waals surface area contributed by atoms with Crippen LogP contribution in [-0.4, -0.2) is 36.7 Å². The van der Waals surface area contributed by atoms with E-state index in [2.05, 4.69) is 10.3 Å². The maximum atomic E-state index is 11.8. The highest BCUT2D eigenvalue weighted by Gasteiger charge is 2.15. The molecule has 8 heteroatoms. The van der Waals surface area contributed by atoms with E-state index >= 15 is 0 Å². The van der Waals surface area contributed by atoms with E-state index < -0.39 is 11.9 Å². The minimum absolute atomic E-state index is 0.0143. The number of aromatic nitrogens is 1. The van der Waals surface area contributed by atoms with Crippen molar-refractivity contribution in [2.45, 2.75) is 13.8 Å². The van der Waals surface area contributed by atoms with Gasteiger partial charge >= 0.3 is 12.0 Å². The van der Waals surface area contributed by atoms with Gasteiger partial charge in [-0.25, -0.2) is 4.79 Å². The monoisotopic (exact) mass is 334 g/mol. The number of nitrogens with one attached hydrogen (secondary N) is 1. The van der Waals surface area contributed by atoms with Crippen molar-refractivity contribution in [2.75, 3.05) is 25.1 Å². The summed E-state index contributed by atoms with van der Waals surface area (Å²) in [6.45, 7) is 4.14. The number of carbonyl (C=O) groups is 2. The first-order valence-electron chi connectivity index (χ1n) is 7.40. The van der Waals surface area contributed by atoms with Crippen molar-refractivity contribution in [3.05, 3.63) is 36.2 Å². The first-order valence-corrected chi connectivity index (χ1v) is 7.40. The van der Waals surface area contributed by atoms with Crippen LogP contribution in [0.5, 0.6) is 11.5 Å². The molecule has 0 spiro atoms. The van der Waals surface area contributed by atoms with Crippen molar-refractivity contribution >= 4 is 17.9 Å². The first-order chi connectivity index (χ1) is 11.6. The van der Waals surface area contributed by atoms with Crippen molar-refractivity contribution in [3.8, 4) is 11.5 Å². The van der Waals surface area contributed by atoms with E-state index in [1.165, 1.54) is 0 Å². The molecular weight excluding hydrogens is 316 g/mol. The van der Waals surface area contributed by atoms with Crippen LogP contribution in [0.2, 0.25) is 0 Å². The van der Waals surface area contributed by atoms with Crippen molar-refractivity contribution < 1.29 is 28.2 Å². The molecule has 0 aliphatic carbocycles. The van der Waals surface area contributed by atoms with Gasteiger partial charge in [0.25, 0.3) is 5.91 Å². The summed E-state index contributed by atoms with van der Waals surface area (Å²) >= 11 is 0. The standard InChI is InChI=1S/C16H18N2O6/c1-3-21-11-5-7-12(8-6-11)23-10-14(19)18-16-17-13(9-24-16)15(20)22-4-2/h5-9H,3-4,10H2,1-2H3,(H,17,18,19). The lowest BCUT2D eigenvalue weighted by Gasteiger charge is -2.07. The summed E-state index contributed by atoms with van der Waals surface area (Å²) in [7, 11) is 0. The molecule has 1 aromatic heterocycles. The average Bonchev–Trinajstić information content (AvgIpc) is 3.03. The minimum atomic E-state index is -0.618. The quantitative estimate of drug-likeness (QED) is 0.739. The zero-order valence-corrected chi connectivity index (χ0v) is 13.4. The molecule has 0 fully saturated rings. The molecule has 1 N–H and O–H groups in total. The molecule has 1 aromatic carbocycles. The van der Waals surface area contributed by atoms with E-state index in [1.54, 1.807) is 31.2 Å². The predicted molar refractivity (Wildman–Crippen MR) is 84.2 cm³/mol. The molecule has 8 nitrogen and oxygen atoms in total. The summed E-state index contributed by atoms with van der Waals surface area (Å²) in [6.07, 6.45) is 1.11. The van der Waals surface area contributed by atoms with Crippen LogP contribution in [0.3, 0.4) is 0 Å². The zero-order valence-electron chi connectivity index (χ0n) is 13.4. The first kappa shape index (κ1) is 17.3. The maximum absolute atomic E-state index is 11.8. The third-order valence-corrected chi connectivity index (χ3v) is 2.74. The van der Waals surface area contributed by atoms with Crippen LogP contribution in [0.1, 0.15) is 24.3 Å². The number of hydrogen-bond acceptors (Lipinski definition) is 7. The lowest BCUT2D eigenvalue weighted by atomic mass is 10.3. The lowest BCUT2D eigenvalue weighted by Crippen LogP contribution is -2.20. The molecule has 24 heavy (non-hydrogen) atoms. The number of oxazole rings is 1. The van der Waals surface area contributed by atoms with Gasteiger partial charge < -0.3 is 18.6 Å². The number of esters is 1. The van der Waals surface area contributed by atoms with Crippen LogP contribution in [-0.2, 0) is 9.53 Å². The predicted octanol–water partition coefficient (Wildman–Crippen LogP) is 2.27. The molecule has 0 radical (unpaired) electrons. The van der Waals surface area contributed by atoms with Gasteiger partial charge in [0, 0.05) is 0 Å². The van der Waals surface area contributed by atoms with E-state index in [0.717, 1.165) is 12.0 Å². The summed E-state index contributed by atoms with van der Waals surface area (Å²) in [5.41, 5.74) is -0.0143. The highest BCUT2D eigenvalue weighted by Crippen LogP contribution is 2.17. The molecule has 0 saturated heterocycles. The number of rotatable bonds is 8. The van der Waals surface area contributed by atoms with Gasteiger partial charge in [0.1, 0.15) is 17.8 Å². The molecule has 2 aromatic rings. The number of amides is 1. The van der Waals surface area contributed by atoms with Crippen LogP contribution in [0.25, 0.3) is 0 Å². The molecule has 0 bridgehead atoms. The highest BCUT2D eigenvalue weighted by molar-refractivity contribution is 5.91. The Morgan fingerprint density at radius 1 is 1.08 bits per heavy atom. The maximum Gasteiger partial charge on any atom is 0.360 e. The zero-order chi connectivity index (χ0) is 17.4. The second-order valence-corrected chi connectivity index (χ2v) is 4.50. The molecular formula is C16H18N2O6. The van der Waals surface area contributed by atoms with Gasteiger partial charge in [-0.05, 0) is 38.1 Å². The van der Waals surface area contributed by atoms with Gasteiger partial charge in [-0.1, -0.05) is 0 Å². The number of anilines is 1. The second kappa shape index (κ2) is 8.56. The Morgan fingerprint density at radius 2 is 1.75 bits per heavy atom. The summed E-state index contributed by atoms with van der Waals surface area (Å²) in [4.78, 5) is 27.0. The van der Waals surface area contributed by atoms with Crippen molar-refractivity contribution in [2.24, 2.45) is 0 Å².